The SMILES string of the molecule is O=C(O)/C=C\C(=O)O.O=P(O)(O)O. The highest BCUT2D eigenvalue weighted by molar-refractivity contribution is 7.45. The van der Waals surface area contributed by atoms with Crippen LogP contribution in [-0.4, -0.2) is 36.8 Å². The molecule has 0 atom stereocenters. The van der Waals surface area contributed by atoms with Crippen LogP contribution in [0.5, 0.6) is 0 Å². The monoisotopic (exact) mass is 214 g/mol. The molecule has 0 aliphatic heterocycles. The van der Waals surface area contributed by atoms with Gasteiger partial charge in [0.05, 0.1) is 0 Å². The van der Waals surface area contributed by atoms with Crippen LogP contribution in [0.4, 0.5) is 0 Å². The predicted molar refractivity (Wildman–Crippen MR) is 38.7 cm³/mol. The quantitative estimate of drug-likeness (QED) is 0.283. The third-order valence-electron chi connectivity index (χ3n) is 0.368. The minimum Gasteiger partial charge on any atom is -0.478 e. The number of hydrogen-bond acceptors (Lipinski definition) is 3. The second-order valence-electron chi connectivity index (χ2n) is 1.52. The minimum atomic E-state index is -4.64. The van der Waals surface area contributed by atoms with Gasteiger partial charge in [-0.2, -0.15) is 0 Å². The molecule has 0 heterocycles. The fourth-order valence-corrected chi connectivity index (χ4v) is 0.143. The van der Waals surface area contributed by atoms with Crippen molar-refractivity contribution in [2.24, 2.45) is 0 Å². The molecule has 8 nitrogen and oxygen atoms in total. The van der Waals surface area contributed by atoms with Gasteiger partial charge in [0.15, 0.2) is 0 Å². The maximum atomic E-state index is 9.55. The van der Waals surface area contributed by atoms with E-state index in [0.717, 1.165) is 0 Å². The van der Waals surface area contributed by atoms with Gasteiger partial charge in [-0.25, -0.2) is 14.2 Å². The van der Waals surface area contributed by atoms with Gasteiger partial charge in [0.25, 0.3) is 0 Å². The molecule has 0 aromatic heterocycles. The lowest BCUT2D eigenvalue weighted by Gasteiger charge is -1.82. The highest BCUT2D eigenvalue weighted by Crippen LogP contribution is 2.25. The Bertz CT molecular complexity index is 225. The first-order chi connectivity index (χ1) is 5.63. The van der Waals surface area contributed by atoms with Gasteiger partial charge in [0, 0.05) is 12.2 Å². The smallest absolute Gasteiger partial charge is 0.466 e. The highest BCUT2D eigenvalue weighted by Gasteiger charge is 2.00. The molecule has 76 valence electrons. The van der Waals surface area contributed by atoms with E-state index in [0.29, 0.717) is 12.2 Å². The molecular weight excluding hydrogens is 207 g/mol. The van der Waals surface area contributed by atoms with E-state index in [2.05, 4.69) is 0 Å². The average Bonchev–Trinajstić information content (AvgIpc) is 1.79. The summed E-state index contributed by atoms with van der Waals surface area (Å²) < 4.78 is 8.88. The van der Waals surface area contributed by atoms with Crippen molar-refractivity contribution >= 4 is 19.8 Å². The Morgan fingerprint density at radius 2 is 1.08 bits per heavy atom. The van der Waals surface area contributed by atoms with Gasteiger partial charge in [-0.1, -0.05) is 0 Å². The lowest BCUT2D eigenvalue weighted by atomic mass is 10.5. The molecule has 0 aliphatic carbocycles. The van der Waals surface area contributed by atoms with Gasteiger partial charge in [0.2, 0.25) is 0 Å². The topological polar surface area (TPSA) is 152 Å². The van der Waals surface area contributed by atoms with E-state index in [9.17, 15) is 9.59 Å². The van der Waals surface area contributed by atoms with Crippen molar-refractivity contribution in [2.45, 2.75) is 0 Å². The van der Waals surface area contributed by atoms with E-state index in [1.54, 1.807) is 0 Å². The van der Waals surface area contributed by atoms with Gasteiger partial charge in [-0.15, -0.1) is 0 Å². The van der Waals surface area contributed by atoms with Crippen LogP contribution in [0.25, 0.3) is 0 Å². The van der Waals surface area contributed by atoms with Crippen LogP contribution in [0.15, 0.2) is 12.2 Å². The first-order valence-corrected chi connectivity index (χ1v) is 4.11. The molecule has 0 bridgehead atoms. The molecule has 5 N–H and O–H groups in total. The number of carbonyl (C=O) groups is 2. The van der Waals surface area contributed by atoms with Crippen LogP contribution in [-0.2, 0) is 14.2 Å². The van der Waals surface area contributed by atoms with Gasteiger partial charge >= 0.3 is 19.8 Å². The molecular formula is C4H7O8P. The zero-order valence-electron chi connectivity index (χ0n) is 6.06. The molecule has 0 saturated carbocycles. The Labute approximate surface area is 72.0 Å². The molecule has 0 aliphatic rings. The molecule has 0 rings (SSSR count). The first kappa shape index (κ1) is 14.3. The lowest BCUT2D eigenvalue weighted by molar-refractivity contribution is -0.134. The largest absolute Gasteiger partial charge is 0.478 e. The van der Waals surface area contributed by atoms with Crippen LogP contribution in [0.1, 0.15) is 0 Å². The van der Waals surface area contributed by atoms with Crippen LogP contribution in [0.2, 0.25) is 0 Å². The number of rotatable bonds is 2. The molecule has 0 saturated heterocycles. The molecule has 0 radical (unpaired) electrons. The summed E-state index contributed by atoms with van der Waals surface area (Å²) in [7, 11) is -4.64. The summed E-state index contributed by atoms with van der Waals surface area (Å²) in [4.78, 5) is 40.7. The van der Waals surface area contributed by atoms with E-state index in [1.165, 1.54) is 0 Å². The van der Waals surface area contributed by atoms with E-state index in [-0.39, 0.29) is 0 Å². The fourth-order valence-electron chi connectivity index (χ4n) is 0.143. The number of hydrogen-bond donors (Lipinski definition) is 5. The normalized spacial score (nSPS) is 10.4. The summed E-state index contributed by atoms with van der Waals surface area (Å²) >= 11 is 0. The van der Waals surface area contributed by atoms with Crippen molar-refractivity contribution in [1.29, 1.82) is 0 Å². The molecule has 9 heteroatoms. The molecule has 0 amide bonds. The summed E-state index contributed by atoms with van der Waals surface area (Å²) in [5, 5.41) is 15.6. The summed E-state index contributed by atoms with van der Waals surface area (Å²) in [6, 6.07) is 0. The molecule has 0 aromatic rings. The standard InChI is InChI=1S/C4H4O4.H3O4P/c5-3(6)1-2-4(7)8;1-5(2,3)4/h1-2H,(H,5,6)(H,7,8);(H3,1,2,3,4)/b2-1-;. The Balaban J connectivity index is 0. The Kier molecular flexibility index (Phi) is 6.96. The minimum absolute atomic E-state index is 0.558. The van der Waals surface area contributed by atoms with Gasteiger partial charge < -0.3 is 24.9 Å². The van der Waals surface area contributed by atoms with Crippen molar-refractivity contribution in [2.75, 3.05) is 0 Å². The second-order valence-corrected chi connectivity index (χ2v) is 2.55. The van der Waals surface area contributed by atoms with E-state index in [1.807, 2.05) is 0 Å². The van der Waals surface area contributed by atoms with Crippen LogP contribution < -0.4 is 0 Å². The Hall–Kier alpha value is -1.21. The zero-order valence-corrected chi connectivity index (χ0v) is 6.96. The van der Waals surface area contributed by atoms with Gasteiger partial charge in [-0.05, 0) is 0 Å². The van der Waals surface area contributed by atoms with Crippen molar-refractivity contribution < 1.29 is 39.0 Å². The maximum Gasteiger partial charge on any atom is 0.466 e. The molecule has 0 aromatic carbocycles. The lowest BCUT2D eigenvalue weighted by Crippen LogP contribution is -1.91. The highest BCUT2D eigenvalue weighted by atomic mass is 31.2. The third-order valence-corrected chi connectivity index (χ3v) is 0.368. The van der Waals surface area contributed by atoms with E-state index in [4.69, 9.17) is 29.5 Å². The zero-order chi connectivity index (χ0) is 11.1. The summed E-state index contributed by atoms with van der Waals surface area (Å²) in [6.07, 6.45) is 1.12. The molecule has 13 heavy (non-hydrogen) atoms. The van der Waals surface area contributed by atoms with Crippen LogP contribution in [0.3, 0.4) is 0 Å². The second kappa shape index (κ2) is 6.32. The fraction of sp³-hybridized carbons (Fsp3) is 0. The summed E-state index contributed by atoms with van der Waals surface area (Å²) in [6.45, 7) is 0. The number of phosphoric acid groups is 1. The molecule has 0 fully saturated rings. The van der Waals surface area contributed by atoms with E-state index < -0.39 is 19.8 Å². The molecule has 0 spiro atoms. The van der Waals surface area contributed by atoms with Crippen molar-refractivity contribution in [3.8, 4) is 0 Å². The third kappa shape index (κ3) is 58.0. The van der Waals surface area contributed by atoms with Crippen molar-refractivity contribution in [3.63, 3.8) is 0 Å². The Morgan fingerprint density at radius 3 is 1.15 bits per heavy atom. The summed E-state index contributed by atoms with van der Waals surface area (Å²) in [5.41, 5.74) is 0. The Morgan fingerprint density at radius 1 is 0.923 bits per heavy atom. The molecule has 0 unspecified atom stereocenters. The van der Waals surface area contributed by atoms with Crippen molar-refractivity contribution in [1.82, 2.24) is 0 Å². The van der Waals surface area contributed by atoms with Gasteiger partial charge in [-0.3, -0.25) is 0 Å². The van der Waals surface area contributed by atoms with Crippen LogP contribution in [0, 0.1) is 0 Å². The predicted octanol–water partition coefficient (Wildman–Crippen LogP) is -1.22. The average molecular weight is 214 g/mol. The first-order valence-electron chi connectivity index (χ1n) is 2.55. The summed E-state index contributed by atoms with van der Waals surface area (Å²) in [5.74, 6) is -2.51. The maximum absolute atomic E-state index is 9.55. The number of carboxylic acid groups (broad SMARTS) is 2. The van der Waals surface area contributed by atoms with Gasteiger partial charge in [0.1, 0.15) is 0 Å². The van der Waals surface area contributed by atoms with Crippen molar-refractivity contribution in [3.05, 3.63) is 12.2 Å². The van der Waals surface area contributed by atoms with E-state index >= 15 is 0 Å². The number of aliphatic carboxylic acids is 2. The number of carboxylic acids is 2. The van der Waals surface area contributed by atoms with Crippen LogP contribution >= 0.6 is 7.82 Å².